The van der Waals surface area contributed by atoms with Crippen LogP contribution in [-0.4, -0.2) is 41.5 Å². The minimum Gasteiger partial charge on any atom is -0.477 e. The number of likely N-dealkylation sites (tertiary alicyclic amines) is 1. The molecule has 1 saturated heterocycles. The van der Waals surface area contributed by atoms with Crippen molar-refractivity contribution in [3.8, 4) is 0 Å². The van der Waals surface area contributed by atoms with Gasteiger partial charge in [0, 0.05) is 24.9 Å². The Kier molecular flexibility index (Phi) is 5.36. The first kappa shape index (κ1) is 16.0. The molecule has 6 heteroatoms. The second kappa shape index (κ2) is 7.04. The van der Waals surface area contributed by atoms with E-state index in [4.69, 9.17) is 5.11 Å². The molecule has 2 N–H and O–H groups in total. The van der Waals surface area contributed by atoms with Gasteiger partial charge in [-0.25, -0.2) is 4.79 Å². The van der Waals surface area contributed by atoms with Crippen molar-refractivity contribution >= 4 is 23.2 Å². The molecule has 1 aromatic rings. The number of hydrogen-bond acceptors (Lipinski definition) is 4. The van der Waals surface area contributed by atoms with Crippen molar-refractivity contribution in [2.24, 2.45) is 5.92 Å². The molecule has 0 radical (unpaired) electrons. The summed E-state index contributed by atoms with van der Waals surface area (Å²) in [7, 11) is 0. The lowest BCUT2D eigenvalue weighted by molar-refractivity contribution is -0.119. The molecule has 2 heterocycles. The Morgan fingerprint density at radius 3 is 2.62 bits per heavy atom. The highest BCUT2D eigenvalue weighted by Gasteiger charge is 2.21. The van der Waals surface area contributed by atoms with Crippen LogP contribution >= 0.6 is 11.3 Å². The fraction of sp³-hybridized carbons (Fsp3) is 0.600. The molecule has 1 amide bonds. The largest absolute Gasteiger partial charge is 0.477 e. The van der Waals surface area contributed by atoms with E-state index in [1.165, 1.54) is 11.3 Å². The molecule has 0 saturated carbocycles. The topological polar surface area (TPSA) is 69.6 Å². The third-order valence-electron chi connectivity index (χ3n) is 3.97. The van der Waals surface area contributed by atoms with Gasteiger partial charge in [0.1, 0.15) is 4.88 Å². The molecule has 5 nitrogen and oxygen atoms in total. The fourth-order valence-electron chi connectivity index (χ4n) is 2.66. The molecule has 0 atom stereocenters. The fourth-order valence-corrected chi connectivity index (χ4v) is 3.53. The number of carboxylic acid groups (broad SMARTS) is 1. The lowest BCUT2D eigenvalue weighted by Crippen LogP contribution is -2.37. The molecule has 0 spiro atoms. The predicted octanol–water partition coefficient (Wildman–Crippen LogP) is 2.10. The molecule has 21 heavy (non-hydrogen) atoms. The summed E-state index contributed by atoms with van der Waals surface area (Å²) in [4.78, 5) is 25.8. The number of thiophene rings is 1. The number of nitrogens with zero attached hydrogens (tertiary/aromatic N) is 1. The molecule has 2 rings (SSSR count). The van der Waals surface area contributed by atoms with Crippen molar-refractivity contribution in [3.05, 3.63) is 21.4 Å². The molecule has 1 aliphatic heterocycles. The lowest BCUT2D eigenvalue weighted by atomic mass is 9.96. The van der Waals surface area contributed by atoms with E-state index in [0.717, 1.165) is 49.5 Å². The van der Waals surface area contributed by atoms with Crippen molar-refractivity contribution < 1.29 is 14.7 Å². The summed E-state index contributed by atoms with van der Waals surface area (Å²) in [6, 6.07) is 1.80. The first-order valence-corrected chi connectivity index (χ1v) is 8.06. The number of amides is 1. The summed E-state index contributed by atoms with van der Waals surface area (Å²) in [6.07, 6.45) is 2.16. The van der Waals surface area contributed by atoms with Crippen LogP contribution in [0, 0.1) is 12.8 Å². The maximum absolute atomic E-state index is 11.0. The number of carbonyl (C=O) groups excluding carboxylic acids is 1. The lowest BCUT2D eigenvalue weighted by Gasteiger charge is -2.31. The summed E-state index contributed by atoms with van der Waals surface area (Å²) in [5.74, 6) is -0.251. The van der Waals surface area contributed by atoms with Gasteiger partial charge in [0.05, 0.1) is 0 Å². The third kappa shape index (κ3) is 4.54. The van der Waals surface area contributed by atoms with Crippen LogP contribution in [0.3, 0.4) is 0 Å². The van der Waals surface area contributed by atoms with Crippen LogP contribution in [0.1, 0.15) is 39.9 Å². The number of carbonyl (C=O) groups is 2. The zero-order valence-corrected chi connectivity index (χ0v) is 13.3. The average Bonchev–Trinajstić information content (AvgIpc) is 2.80. The molecule has 0 unspecified atom stereocenters. The van der Waals surface area contributed by atoms with Crippen LogP contribution in [0.2, 0.25) is 0 Å². The highest BCUT2D eigenvalue weighted by atomic mass is 32.1. The number of aromatic carboxylic acids is 1. The van der Waals surface area contributed by atoms with Gasteiger partial charge >= 0.3 is 5.97 Å². The third-order valence-corrected chi connectivity index (χ3v) is 5.05. The molecule has 1 aromatic heterocycles. The Morgan fingerprint density at radius 1 is 1.43 bits per heavy atom. The standard InChI is InChI=1S/C15H22N2O3S/c1-10-13(7-14(21-10)15(19)20)9-17-5-3-12(4-6-17)8-16-11(2)18/h7,12H,3-6,8-9H2,1-2H3,(H,16,18)(H,19,20). The van der Waals surface area contributed by atoms with Crippen molar-refractivity contribution in [2.75, 3.05) is 19.6 Å². The van der Waals surface area contributed by atoms with Gasteiger partial charge in [-0.2, -0.15) is 0 Å². The van der Waals surface area contributed by atoms with Gasteiger partial charge in [0.15, 0.2) is 0 Å². The summed E-state index contributed by atoms with van der Waals surface area (Å²) < 4.78 is 0. The smallest absolute Gasteiger partial charge is 0.345 e. The first-order valence-electron chi connectivity index (χ1n) is 7.25. The number of piperidine rings is 1. The molecular formula is C15H22N2O3S. The SMILES string of the molecule is CC(=O)NCC1CCN(Cc2cc(C(=O)O)sc2C)CC1. The highest BCUT2D eigenvalue weighted by molar-refractivity contribution is 7.14. The van der Waals surface area contributed by atoms with Gasteiger partial charge in [0.25, 0.3) is 0 Å². The van der Waals surface area contributed by atoms with Crippen LogP contribution in [0.15, 0.2) is 6.07 Å². The van der Waals surface area contributed by atoms with Crippen molar-refractivity contribution in [3.63, 3.8) is 0 Å². The first-order chi connectivity index (χ1) is 9.95. The van der Waals surface area contributed by atoms with Gasteiger partial charge < -0.3 is 10.4 Å². The van der Waals surface area contributed by atoms with Gasteiger partial charge in [-0.1, -0.05) is 0 Å². The Hall–Kier alpha value is -1.40. The maximum atomic E-state index is 11.0. The second-order valence-corrected chi connectivity index (χ2v) is 6.91. The summed E-state index contributed by atoms with van der Waals surface area (Å²) in [5.41, 5.74) is 1.12. The number of rotatable bonds is 5. The van der Waals surface area contributed by atoms with E-state index in [1.807, 2.05) is 6.92 Å². The maximum Gasteiger partial charge on any atom is 0.345 e. The Labute approximate surface area is 129 Å². The number of aryl methyl sites for hydroxylation is 1. The molecule has 116 valence electrons. The molecular weight excluding hydrogens is 288 g/mol. The van der Waals surface area contributed by atoms with E-state index in [-0.39, 0.29) is 5.91 Å². The molecule has 1 aliphatic rings. The van der Waals surface area contributed by atoms with Crippen molar-refractivity contribution in [1.82, 2.24) is 10.2 Å². The zero-order chi connectivity index (χ0) is 15.4. The second-order valence-electron chi connectivity index (χ2n) is 5.65. The molecule has 0 bridgehead atoms. The van der Waals surface area contributed by atoms with E-state index in [2.05, 4.69) is 10.2 Å². The Balaban J connectivity index is 1.83. The number of nitrogens with one attached hydrogen (secondary N) is 1. The van der Waals surface area contributed by atoms with E-state index >= 15 is 0 Å². The van der Waals surface area contributed by atoms with Crippen LogP contribution < -0.4 is 5.32 Å². The van der Waals surface area contributed by atoms with Crippen molar-refractivity contribution in [1.29, 1.82) is 0 Å². The monoisotopic (exact) mass is 310 g/mol. The predicted molar refractivity (Wildman–Crippen MR) is 82.7 cm³/mol. The normalized spacial score (nSPS) is 16.9. The Bertz CT molecular complexity index is 519. The van der Waals surface area contributed by atoms with Crippen LogP contribution in [0.4, 0.5) is 0 Å². The van der Waals surface area contributed by atoms with E-state index in [9.17, 15) is 9.59 Å². The molecule has 1 fully saturated rings. The van der Waals surface area contributed by atoms with Gasteiger partial charge in [-0.3, -0.25) is 9.69 Å². The van der Waals surface area contributed by atoms with Gasteiger partial charge in [0.2, 0.25) is 5.91 Å². The van der Waals surface area contributed by atoms with Crippen LogP contribution in [0.5, 0.6) is 0 Å². The summed E-state index contributed by atoms with van der Waals surface area (Å²) >= 11 is 1.35. The quantitative estimate of drug-likeness (QED) is 0.874. The van der Waals surface area contributed by atoms with Crippen LogP contribution in [0.25, 0.3) is 0 Å². The molecule has 0 aliphatic carbocycles. The molecule has 0 aromatic carbocycles. The van der Waals surface area contributed by atoms with Crippen LogP contribution in [-0.2, 0) is 11.3 Å². The van der Waals surface area contributed by atoms with Gasteiger partial charge in [-0.05, 0) is 50.4 Å². The van der Waals surface area contributed by atoms with E-state index in [1.54, 1.807) is 13.0 Å². The minimum atomic E-state index is -0.844. The van der Waals surface area contributed by atoms with Crippen molar-refractivity contribution in [2.45, 2.75) is 33.2 Å². The Morgan fingerprint density at radius 2 is 2.10 bits per heavy atom. The van der Waals surface area contributed by atoms with E-state index in [0.29, 0.717) is 10.8 Å². The minimum absolute atomic E-state index is 0.0347. The summed E-state index contributed by atoms with van der Waals surface area (Å²) in [5, 5.41) is 11.9. The average molecular weight is 310 g/mol. The number of carboxylic acids is 1. The number of hydrogen-bond donors (Lipinski definition) is 2. The highest BCUT2D eigenvalue weighted by Crippen LogP contribution is 2.25. The summed E-state index contributed by atoms with van der Waals surface area (Å²) in [6.45, 7) is 7.13. The van der Waals surface area contributed by atoms with Gasteiger partial charge in [-0.15, -0.1) is 11.3 Å². The zero-order valence-electron chi connectivity index (χ0n) is 12.5. The van der Waals surface area contributed by atoms with E-state index < -0.39 is 5.97 Å².